The molecule has 0 unspecified atom stereocenters. The van der Waals surface area contributed by atoms with Crippen molar-refractivity contribution in [2.24, 2.45) is 0 Å². The molecule has 0 fully saturated rings. The van der Waals surface area contributed by atoms with E-state index in [2.05, 4.69) is 34.4 Å². The lowest BCUT2D eigenvalue weighted by atomic mass is 9.97. The lowest BCUT2D eigenvalue weighted by Crippen LogP contribution is -1.98. The molecule has 0 radical (unpaired) electrons. The van der Waals surface area contributed by atoms with Gasteiger partial charge in [0.2, 0.25) is 0 Å². The van der Waals surface area contributed by atoms with Crippen molar-refractivity contribution in [2.45, 2.75) is 19.6 Å². The quantitative estimate of drug-likeness (QED) is 0.336. The van der Waals surface area contributed by atoms with Crippen molar-refractivity contribution in [2.75, 3.05) is 14.2 Å². The summed E-state index contributed by atoms with van der Waals surface area (Å²) in [6.45, 7) is 0.740. The second-order valence-electron chi connectivity index (χ2n) is 7.65. The number of rotatable bonds is 7. The summed E-state index contributed by atoms with van der Waals surface area (Å²) >= 11 is 6.47. The molecule has 3 aromatic heterocycles. The van der Waals surface area contributed by atoms with Crippen molar-refractivity contribution in [3.8, 4) is 11.4 Å². The number of halogens is 1. The number of fused-ring (bicyclic) bond motifs is 3. The number of hydrogen-bond acceptors (Lipinski definition) is 5. The summed E-state index contributed by atoms with van der Waals surface area (Å²) in [7, 11) is 3.30. The predicted molar refractivity (Wildman–Crippen MR) is 125 cm³/mol. The van der Waals surface area contributed by atoms with Crippen LogP contribution < -0.4 is 0 Å². The van der Waals surface area contributed by atoms with E-state index in [4.69, 9.17) is 30.6 Å². The van der Waals surface area contributed by atoms with E-state index in [1.807, 2.05) is 30.5 Å². The molecule has 1 N–H and O–H groups in total. The number of nitrogens with one attached hydrogen (secondary N) is 1. The normalized spacial score (nSPS) is 11.6. The van der Waals surface area contributed by atoms with Crippen LogP contribution in [-0.4, -0.2) is 29.3 Å². The van der Waals surface area contributed by atoms with Crippen molar-refractivity contribution in [1.82, 2.24) is 15.1 Å². The minimum Gasteiger partial charge on any atom is -0.380 e. The molecule has 0 aliphatic rings. The van der Waals surface area contributed by atoms with Crippen LogP contribution in [0.25, 0.3) is 33.2 Å². The Morgan fingerprint density at radius 3 is 2.56 bits per heavy atom. The van der Waals surface area contributed by atoms with Gasteiger partial charge in [0.25, 0.3) is 0 Å². The number of aromatic amines is 1. The van der Waals surface area contributed by atoms with Gasteiger partial charge in [0.1, 0.15) is 12.3 Å². The Morgan fingerprint density at radius 2 is 1.75 bits per heavy atom. The molecule has 0 aliphatic heterocycles. The molecule has 5 rings (SSSR count). The highest BCUT2D eigenvalue weighted by molar-refractivity contribution is 6.31. The van der Waals surface area contributed by atoms with Crippen molar-refractivity contribution in [3.63, 3.8) is 0 Å². The molecule has 162 valence electrons. The van der Waals surface area contributed by atoms with E-state index < -0.39 is 0 Å². The van der Waals surface area contributed by atoms with Gasteiger partial charge in [-0.3, -0.25) is 4.98 Å². The Balaban J connectivity index is 1.74. The van der Waals surface area contributed by atoms with Crippen molar-refractivity contribution >= 4 is 33.4 Å². The molecule has 0 atom stereocenters. The third-order valence-corrected chi connectivity index (χ3v) is 5.93. The fourth-order valence-electron chi connectivity index (χ4n) is 4.21. The number of hydrogen-bond donors (Lipinski definition) is 1. The number of benzene rings is 2. The summed E-state index contributed by atoms with van der Waals surface area (Å²) in [4.78, 5) is 8.20. The van der Waals surface area contributed by atoms with E-state index in [1.165, 1.54) is 5.56 Å². The van der Waals surface area contributed by atoms with Gasteiger partial charge >= 0.3 is 0 Å². The maximum atomic E-state index is 6.47. The predicted octanol–water partition coefficient (Wildman–Crippen LogP) is 5.91. The van der Waals surface area contributed by atoms with Gasteiger partial charge in [-0.2, -0.15) is 0 Å². The van der Waals surface area contributed by atoms with Gasteiger partial charge < -0.3 is 19.0 Å². The van der Waals surface area contributed by atoms with Crippen molar-refractivity contribution < 1.29 is 14.0 Å². The summed E-state index contributed by atoms with van der Waals surface area (Å²) in [5.74, 6) is 0.645. The van der Waals surface area contributed by atoms with Gasteiger partial charge in [-0.15, -0.1) is 0 Å². The fraction of sp³-hybridized carbons (Fsp3) is 0.200. The van der Waals surface area contributed by atoms with E-state index in [-0.39, 0.29) is 0 Å². The van der Waals surface area contributed by atoms with Gasteiger partial charge in [-0.25, -0.2) is 0 Å². The summed E-state index contributed by atoms with van der Waals surface area (Å²) in [6, 6.07) is 16.1. The topological polar surface area (TPSA) is 73.2 Å². The monoisotopic (exact) mass is 447 g/mol. The maximum absolute atomic E-state index is 6.47. The molecule has 2 aromatic carbocycles. The molecule has 0 amide bonds. The van der Waals surface area contributed by atoms with E-state index in [0.717, 1.165) is 50.1 Å². The molecule has 0 saturated heterocycles. The average Bonchev–Trinajstić information content (AvgIpc) is 3.41. The zero-order valence-electron chi connectivity index (χ0n) is 17.8. The van der Waals surface area contributed by atoms with Crippen LogP contribution in [0, 0.1) is 0 Å². The van der Waals surface area contributed by atoms with Gasteiger partial charge in [0.15, 0.2) is 5.76 Å². The minimum absolute atomic E-state index is 0.351. The molecule has 0 bridgehead atoms. The van der Waals surface area contributed by atoms with E-state index in [1.54, 1.807) is 14.2 Å². The molecule has 0 spiro atoms. The lowest BCUT2D eigenvalue weighted by Gasteiger charge is -2.10. The fourth-order valence-corrected chi connectivity index (χ4v) is 4.41. The van der Waals surface area contributed by atoms with Crippen LogP contribution in [0.2, 0.25) is 5.02 Å². The van der Waals surface area contributed by atoms with E-state index in [0.29, 0.717) is 24.7 Å². The Hall–Kier alpha value is -3.19. The first-order valence-electron chi connectivity index (χ1n) is 10.3. The SMILES string of the molecule is COCc1cc(-c2ncc3[nH]c4cccc(Cc5ccccc5Cl)c4c3c2COC)no1. The van der Waals surface area contributed by atoms with Crippen LogP contribution in [0.5, 0.6) is 0 Å². The highest BCUT2D eigenvalue weighted by Gasteiger charge is 2.20. The van der Waals surface area contributed by atoms with E-state index in [9.17, 15) is 0 Å². The second kappa shape index (κ2) is 8.74. The minimum atomic E-state index is 0.351. The van der Waals surface area contributed by atoms with Crippen LogP contribution in [0.15, 0.2) is 59.3 Å². The second-order valence-corrected chi connectivity index (χ2v) is 8.06. The summed E-state index contributed by atoms with van der Waals surface area (Å²) in [5, 5.41) is 7.19. The van der Waals surface area contributed by atoms with Crippen LogP contribution in [0.1, 0.15) is 22.5 Å². The Morgan fingerprint density at radius 1 is 0.938 bits per heavy atom. The highest BCUT2D eigenvalue weighted by Crippen LogP contribution is 2.36. The highest BCUT2D eigenvalue weighted by atomic mass is 35.5. The number of methoxy groups -OCH3 is 2. The van der Waals surface area contributed by atoms with Crippen LogP contribution in [0.4, 0.5) is 0 Å². The van der Waals surface area contributed by atoms with Crippen molar-refractivity contribution in [3.05, 3.63) is 82.2 Å². The largest absolute Gasteiger partial charge is 0.380 e. The number of nitrogens with zero attached hydrogens (tertiary/aromatic N) is 2. The molecule has 7 heteroatoms. The molecule has 0 saturated carbocycles. The Kier molecular flexibility index (Phi) is 5.66. The number of aromatic nitrogens is 3. The molecule has 0 aliphatic carbocycles. The van der Waals surface area contributed by atoms with Crippen LogP contribution in [0.3, 0.4) is 0 Å². The van der Waals surface area contributed by atoms with Gasteiger partial charge in [-0.05, 0) is 29.7 Å². The molecule has 3 heterocycles. The molecular weight excluding hydrogens is 426 g/mol. The molecule has 32 heavy (non-hydrogen) atoms. The first-order valence-corrected chi connectivity index (χ1v) is 10.7. The summed E-state index contributed by atoms with van der Waals surface area (Å²) < 4.78 is 16.2. The lowest BCUT2D eigenvalue weighted by molar-refractivity contribution is 0.156. The van der Waals surface area contributed by atoms with Crippen LogP contribution >= 0.6 is 11.6 Å². The zero-order chi connectivity index (χ0) is 22.1. The number of ether oxygens (including phenoxy) is 2. The van der Waals surface area contributed by atoms with E-state index >= 15 is 0 Å². The first kappa shape index (κ1) is 20.7. The standard InChI is InChI=1S/C25H22ClN3O3/c1-30-13-17-11-21(29-32-17)25-18(14-31-2)24-22(12-27-25)28-20-9-5-7-16(23(20)24)10-15-6-3-4-8-19(15)26/h3-9,11-12,28H,10,13-14H2,1-2H3. The smallest absolute Gasteiger partial charge is 0.163 e. The maximum Gasteiger partial charge on any atom is 0.163 e. The van der Waals surface area contributed by atoms with Crippen LogP contribution in [-0.2, 0) is 29.1 Å². The third kappa shape index (κ3) is 3.66. The van der Waals surface area contributed by atoms with Crippen molar-refractivity contribution in [1.29, 1.82) is 0 Å². The molecular formula is C25H22ClN3O3. The molecule has 6 nitrogen and oxygen atoms in total. The first-order chi connectivity index (χ1) is 15.7. The molecule has 5 aromatic rings. The summed E-state index contributed by atoms with van der Waals surface area (Å²) in [5.41, 5.74) is 6.60. The van der Waals surface area contributed by atoms with Gasteiger partial charge in [0, 0.05) is 47.2 Å². The summed E-state index contributed by atoms with van der Waals surface area (Å²) in [6.07, 6.45) is 2.56. The Bertz CT molecular complexity index is 1410. The van der Waals surface area contributed by atoms with Gasteiger partial charge in [0.05, 0.1) is 24.0 Å². The third-order valence-electron chi connectivity index (χ3n) is 5.57. The van der Waals surface area contributed by atoms with Gasteiger partial charge in [-0.1, -0.05) is 47.1 Å². The Labute approximate surface area is 190 Å². The average molecular weight is 448 g/mol. The number of pyridine rings is 1. The zero-order valence-corrected chi connectivity index (χ0v) is 18.6. The number of H-pyrrole nitrogens is 1.